The van der Waals surface area contributed by atoms with Gasteiger partial charge in [-0.15, -0.1) is 0 Å². The lowest BCUT2D eigenvalue weighted by Gasteiger charge is -2.32. The number of nitrogens with one attached hydrogen (secondary N) is 1. The number of carbonyl (C=O) groups is 1. The van der Waals surface area contributed by atoms with Crippen molar-refractivity contribution in [1.29, 1.82) is 0 Å². The van der Waals surface area contributed by atoms with E-state index < -0.39 is 5.60 Å². The van der Waals surface area contributed by atoms with E-state index in [1.54, 1.807) is 0 Å². The van der Waals surface area contributed by atoms with Crippen LogP contribution in [0.1, 0.15) is 63.0 Å². The van der Waals surface area contributed by atoms with Crippen LogP contribution in [0.2, 0.25) is 0 Å². The summed E-state index contributed by atoms with van der Waals surface area (Å²) in [7, 11) is 0. The van der Waals surface area contributed by atoms with Gasteiger partial charge >= 0.3 is 0 Å². The maximum absolute atomic E-state index is 12.4. The molecule has 0 radical (unpaired) electrons. The van der Waals surface area contributed by atoms with E-state index in [9.17, 15) is 9.90 Å². The van der Waals surface area contributed by atoms with Gasteiger partial charge in [-0.2, -0.15) is 0 Å². The van der Waals surface area contributed by atoms with Crippen LogP contribution in [0.15, 0.2) is 30.3 Å². The minimum absolute atomic E-state index is 0.0143. The Hall–Kier alpha value is -1.39. The highest BCUT2D eigenvalue weighted by Crippen LogP contribution is 2.31. The van der Waals surface area contributed by atoms with E-state index in [0.717, 1.165) is 38.8 Å². The summed E-state index contributed by atoms with van der Waals surface area (Å²) >= 11 is 0. The molecule has 1 saturated heterocycles. The van der Waals surface area contributed by atoms with Crippen molar-refractivity contribution in [3.8, 4) is 0 Å². The number of rotatable bonds is 6. The van der Waals surface area contributed by atoms with Gasteiger partial charge < -0.3 is 10.4 Å². The maximum atomic E-state index is 12.4. The quantitative estimate of drug-likeness (QED) is 0.843. The topological polar surface area (TPSA) is 52.6 Å². The van der Waals surface area contributed by atoms with E-state index in [-0.39, 0.29) is 18.4 Å². The van der Waals surface area contributed by atoms with Crippen molar-refractivity contribution in [3.63, 3.8) is 0 Å². The lowest BCUT2D eigenvalue weighted by molar-refractivity contribution is -0.127. The van der Waals surface area contributed by atoms with Crippen molar-refractivity contribution >= 4 is 5.91 Å². The van der Waals surface area contributed by atoms with Crippen LogP contribution in [0.4, 0.5) is 0 Å². The summed E-state index contributed by atoms with van der Waals surface area (Å²) in [5.41, 5.74) is 0.481. The fourth-order valence-corrected chi connectivity index (χ4v) is 4.14. The third-order valence-corrected chi connectivity index (χ3v) is 5.53. The Labute approximate surface area is 145 Å². The molecule has 4 heteroatoms. The normalized spacial score (nSPS) is 22.2. The monoisotopic (exact) mass is 330 g/mol. The zero-order valence-electron chi connectivity index (χ0n) is 14.5. The number of hydrogen-bond acceptors (Lipinski definition) is 3. The standard InChI is InChI=1S/C20H30N2O2/c23-19(15-20(24)11-5-2-6-12-20)21-16-18(22-13-7-8-14-22)17-9-3-1-4-10-17/h1,3-4,9-10,18,24H,2,5-8,11-16H2,(H,21,23). The third-order valence-electron chi connectivity index (χ3n) is 5.53. The van der Waals surface area contributed by atoms with Gasteiger partial charge in [0.15, 0.2) is 0 Å². The van der Waals surface area contributed by atoms with Crippen LogP contribution in [0.5, 0.6) is 0 Å². The predicted molar refractivity (Wildman–Crippen MR) is 95.7 cm³/mol. The van der Waals surface area contributed by atoms with Gasteiger partial charge in [-0.25, -0.2) is 0 Å². The highest BCUT2D eigenvalue weighted by atomic mass is 16.3. The zero-order chi connectivity index (χ0) is 16.8. The summed E-state index contributed by atoms with van der Waals surface area (Å²) in [6.45, 7) is 2.82. The van der Waals surface area contributed by atoms with Crippen molar-refractivity contribution in [2.45, 2.75) is 63.0 Å². The van der Waals surface area contributed by atoms with Gasteiger partial charge in [0.05, 0.1) is 18.1 Å². The summed E-state index contributed by atoms with van der Waals surface area (Å²) < 4.78 is 0. The smallest absolute Gasteiger partial charge is 0.222 e. The van der Waals surface area contributed by atoms with Gasteiger partial charge in [0.1, 0.15) is 0 Å². The summed E-state index contributed by atoms with van der Waals surface area (Å²) in [5, 5.41) is 13.7. The molecule has 3 rings (SSSR count). The first-order chi connectivity index (χ1) is 11.7. The summed E-state index contributed by atoms with van der Waals surface area (Å²) in [6, 6.07) is 10.7. The van der Waals surface area contributed by atoms with Gasteiger partial charge in [0, 0.05) is 6.54 Å². The number of benzene rings is 1. The second-order valence-corrected chi connectivity index (χ2v) is 7.44. The number of likely N-dealkylation sites (tertiary alicyclic amines) is 1. The molecule has 2 aliphatic rings. The highest BCUT2D eigenvalue weighted by Gasteiger charge is 2.32. The first-order valence-corrected chi connectivity index (χ1v) is 9.44. The molecule has 1 saturated carbocycles. The molecule has 4 nitrogen and oxygen atoms in total. The molecule has 1 aliphatic heterocycles. The second kappa shape index (κ2) is 8.13. The Balaban J connectivity index is 1.57. The van der Waals surface area contributed by atoms with Crippen LogP contribution in [0.25, 0.3) is 0 Å². The van der Waals surface area contributed by atoms with Gasteiger partial charge in [-0.05, 0) is 44.3 Å². The Bertz CT molecular complexity index is 520. The minimum atomic E-state index is -0.780. The number of nitrogens with zero attached hydrogens (tertiary/aromatic N) is 1. The Kier molecular flexibility index (Phi) is 5.90. The molecule has 1 aromatic carbocycles. The average molecular weight is 330 g/mol. The molecule has 1 unspecified atom stereocenters. The van der Waals surface area contributed by atoms with E-state index >= 15 is 0 Å². The molecular formula is C20H30N2O2. The van der Waals surface area contributed by atoms with Crippen LogP contribution in [-0.4, -0.2) is 41.1 Å². The lowest BCUT2D eigenvalue weighted by Crippen LogP contribution is -2.41. The molecule has 1 atom stereocenters. The average Bonchev–Trinajstić information content (AvgIpc) is 3.10. The number of carbonyl (C=O) groups excluding carboxylic acids is 1. The van der Waals surface area contributed by atoms with Crippen LogP contribution in [-0.2, 0) is 4.79 Å². The molecule has 132 valence electrons. The Morgan fingerprint density at radius 1 is 1.08 bits per heavy atom. The fourth-order valence-electron chi connectivity index (χ4n) is 4.14. The van der Waals surface area contributed by atoms with Crippen molar-refractivity contribution in [1.82, 2.24) is 10.2 Å². The van der Waals surface area contributed by atoms with Crippen molar-refractivity contribution < 1.29 is 9.90 Å². The molecule has 1 aromatic rings. The van der Waals surface area contributed by atoms with E-state index in [1.807, 2.05) is 6.07 Å². The Morgan fingerprint density at radius 2 is 1.75 bits per heavy atom. The number of hydrogen-bond donors (Lipinski definition) is 2. The second-order valence-electron chi connectivity index (χ2n) is 7.44. The summed E-state index contributed by atoms with van der Waals surface area (Å²) in [6.07, 6.45) is 7.47. The molecule has 24 heavy (non-hydrogen) atoms. The largest absolute Gasteiger partial charge is 0.389 e. The van der Waals surface area contributed by atoms with E-state index in [1.165, 1.54) is 24.8 Å². The van der Waals surface area contributed by atoms with Crippen LogP contribution in [0.3, 0.4) is 0 Å². The molecule has 0 spiro atoms. The zero-order valence-corrected chi connectivity index (χ0v) is 14.5. The van der Waals surface area contributed by atoms with Crippen molar-refractivity contribution in [2.75, 3.05) is 19.6 Å². The van der Waals surface area contributed by atoms with Crippen molar-refractivity contribution in [3.05, 3.63) is 35.9 Å². The van der Waals surface area contributed by atoms with Crippen LogP contribution >= 0.6 is 0 Å². The van der Waals surface area contributed by atoms with Crippen LogP contribution < -0.4 is 5.32 Å². The van der Waals surface area contributed by atoms with E-state index in [4.69, 9.17) is 0 Å². The van der Waals surface area contributed by atoms with E-state index in [0.29, 0.717) is 6.54 Å². The number of amides is 1. The SMILES string of the molecule is O=C(CC1(O)CCCCC1)NCC(c1ccccc1)N1CCCC1. The molecule has 1 heterocycles. The van der Waals surface area contributed by atoms with Gasteiger partial charge in [-0.1, -0.05) is 49.6 Å². The lowest BCUT2D eigenvalue weighted by atomic mass is 9.82. The van der Waals surface area contributed by atoms with Crippen molar-refractivity contribution in [2.24, 2.45) is 0 Å². The number of aliphatic hydroxyl groups is 1. The molecule has 1 aliphatic carbocycles. The summed E-state index contributed by atoms with van der Waals surface area (Å²) in [5.74, 6) is -0.0143. The molecule has 0 aromatic heterocycles. The minimum Gasteiger partial charge on any atom is -0.389 e. The fraction of sp³-hybridized carbons (Fsp3) is 0.650. The summed E-state index contributed by atoms with van der Waals surface area (Å²) in [4.78, 5) is 14.8. The maximum Gasteiger partial charge on any atom is 0.222 e. The van der Waals surface area contributed by atoms with E-state index in [2.05, 4.69) is 34.5 Å². The highest BCUT2D eigenvalue weighted by molar-refractivity contribution is 5.77. The van der Waals surface area contributed by atoms with Gasteiger partial charge in [0.2, 0.25) is 5.91 Å². The van der Waals surface area contributed by atoms with Gasteiger partial charge in [-0.3, -0.25) is 9.69 Å². The molecule has 1 amide bonds. The van der Waals surface area contributed by atoms with Crippen LogP contribution in [0, 0.1) is 0 Å². The molecule has 2 fully saturated rings. The third kappa shape index (κ3) is 4.58. The molecule has 2 N–H and O–H groups in total. The molecular weight excluding hydrogens is 300 g/mol. The first-order valence-electron chi connectivity index (χ1n) is 9.44. The predicted octanol–water partition coefficient (Wildman–Crippen LogP) is 3.03. The molecule has 0 bridgehead atoms. The van der Waals surface area contributed by atoms with Gasteiger partial charge in [0.25, 0.3) is 0 Å². The Morgan fingerprint density at radius 3 is 2.42 bits per heavy atom. The first kappa shape index (κ1) is 17.4.